The van der Waals surface area contributed by atoms with E-state index in [0.29, 0.717) is 18.3 Å². The van der Waals surface area contributed by atoms with E-state index in [0.717, 1.165) is 38.8 Å². The Kier molecular flexibility index (Phi) is 4.90. The number of amides is 1. The normalized spacial score (nSPS) is 28.9. The molecule has 4 rings (SSSR count). The molecule has 134 valence electrons. The predicted molar refractivity (Wildman–Crippen MR) is 97.3 cm³/mol. The number of thiophene rings is 1. The van der Waals surface area contributed by atoms with Crippen molar-refractivity contribution in [2.75, 3.05) is 13.1 Å². The van der Waals surface area contributed by atoms with Crippen LogP contribution in [0.3, 0.4) is 0 Å². The van der Waals surface area contributed by atoms with Crippen molar-refractivity contribution in [3.8, 4) is 0 Å². The number of carbonyl (C=O) groups excluding carboxylic acids is 1. The van der Waals surface area contributed by atoms with Gasteiger partial charge in [-0.25, -0.2) is 4.98 Å². The summed E-state index contributed by atoms with van der Waals surface area (Å²) in [5.74, 6) is 1.22. The molecule has 1 saturated carbocycles. The molecule has 1 aliphatic carbocycles. The number of likely N-dealkylation sites (tertiary alicyclic amines) is 1. The third kappa shape index (κ3) is 3.65. The van der Waals surface area contributed by atoms with Gasteiger partial charge in [-0.15, -0.1) is 11.3 Å². The molecular weight excluding hydrogens is 334 g/mol. The van der Waals surface area contributed by atoms with Crippen molar-refractivity contribution in [3.05, 3.63) is 41.1 Å². The molecule has 0 aromatic carbocycles. The van der Waals surface area contributed by atoms with Crippen molar-refractivity contribution < 1.29 is 9.90 Å². The second-order valence-corrected chi connectivity index (χ2v) is 8.40. The zero-order valence-corrected chi connectivity index (χ0v) is 15.1. The molecule has 4 atom stereocenters. The molecule has 0 unspecified atom stereocenters. The lowest BCUT2D eigenvalue weighted by Gasteiger charge is -2.35. The largest absolute Gasteiger partial charge is 0.391 e. The molecule has 1 saturated heterocycles. The Morgan fingerprint density at radius 2 is 2.16 bits per heavy atom. The highest BCUT2D eigenvalue weighted by Crippen LogP contribution is 2.41. The monoisotopic (exact) mass is 359 g/mol. The summed E-state index contributed by atoms with van der Waals surface area (Å²) in [6.45, 7) is 1.66. The summed E-state index contributed by atoms with van der Waals surface area (Å²) in [6, 6.07) is 4.30. The number of aryl methyl sites for hydroxylation is 1. The fourth-order valence-corrected chi connectivity index (χ4v) is 5.18. The van der Waals surface area contributed by atoms with E-state index in [1.807, 2.05) is 15.7 Å². The first-order valence-electron chi connectivity index (χ1n) is 9.16. The van der Waals surface area contributed by atoms with Crippen LogP contribution in [0.2, 0.25) is 0 Å². The number of hydrogen-bond acceptors (Lipinski definition) is 4. The quantitative estimate of drug-likeness (QED) is 0.893. The lowest BCUT2D eigenvalue weighted by molar-refractivity contribution is -0.130. The number of aliphatic hydroxyl groups is 1. The van der Waals surface area contributed by atoms with E-state index in [2.05, 4.69) is 22.5 Å². The molecule has 1 amide bonds. The number of imidazole rings is 1. The van der Waals surface area contributed by atoms with E-state index < -0.39 is 0 Å². The van der Waals surface area contributed by atoms with Crippen LogP contribution >= 0.6 is 11.3 Å². The Balaban J connectivity index is 1.30. The lowest BCUT2D eigenvalue weighted by Crippen LogP contribution is -2.35. The Bertz CT molecular complexity index is 686. The molecule has 6 heteroatoms. The van der Waals surface area contributed by atoms with Crippen LogP contribution in [0.25, 0.3) is 0 Å². The summed E-state index contributed by atoms with van der Waals surface area (Å²) in [4.78, 5) is 20.1. The third-order valence-corrected chi connectivity index (χ3v) is 6.70. The van der Waals surface area contributed by atoms with Gasteiger partial charge in [-0.1, -0.05) is 6.07 Å². The van der Waals surface area contributed by atoms with Gasteiger partial charge in [-0.2, -0.15) is 0 Å². The summed E-state index contributed by atoms with van der Waals surface area (Å²) < 4.78 is 2.02. The van der Waals surface area contributed by atoms with Gasteiger partial charge in [0.25, 0.3) is 0 Å². The van der Waals surface area contributed by atoms with Crippen molar-refractivity contribution in [2.45, 2.75) is 44.2 Å². The first-order valence-corrected chi connectivity index (χ1v) is 10.0. The summed E-state index contributed by atoms with van der Waals surface area (Å²) in [5.41, 5.74) is 0. The van der Waals surface area contributed by atoms with Crippen molar-refractivity contribution >= 4 is 17.2 Å². The second-order valence-electron chi connectivity index (χ2n) is 7.37. The minimum Gasteiger partial charge on any atom is -0.391 e. The average Bonchev–Trinajstić information content (AvgIpc) is 3.35. The topological polar surface area (TPSA) is 58.4 Å². The Morgan fingerprint density at radius 1 is 1.32 bits per heavy atom. The Morgan fingerprint density at radius 3 is 2.88 bits per heavy atom. The molecule has 0 radical (unpaired) electrons. The van der Waals surface area contributed by atoms with E-state index in [4.69, 9.17) is 0 Å². The number of rotatable bonds is 5. The highest BCUT2D eigenvalue weighted by molar-refractivity contribution is 7.09. The number of hydrogen-bond donors (Lipinski definition) is 1. The SMILES string of the molecule is O=C(CCCc1cccs1)N1C[C@H]2C[C@@H](n3ccnc3)[C@H](O)C[C@H]2C1. The summed E-state index contributed by atoms with van der Waals surface area (Å²) in [5, 5.41) is 12.6. The molecule has 25 heavy (non-hydrogen) atoms. The smallest absolute Gasteiger partial charge is 0.222 e. The molecule has 1 aliphatic heterocycles. The Hall–Kier alpha value is -1.66. The van der Waals surface area contributed by atoms with Gasteiger partial charge < -0.3 is 14.6 Å². The van der Waals surface area contributed by atoms with E-state index in [1.54, 1.807) is 23.9 Å². The minimum atomic E-state index is -0.343. The summed E-state index contributed by atoms with van der Waals surface area (Å²) in [6.07, 6.45) is 9.39. The van der Waals surface area contributed by atoms with Crippen LogP contribution in [0.5, 0.6) is 0 Å². The first-order chi connectivity index (χ1) is 12.2. The van der Waals surface area contributed by atoms with Gasteiger partial charge in [0.2, 0.25) is 5.91 Å². The molecular formula is C19H25N3O2S. The van der Waals surface area contributed by atoms with Crippen LogP contribution in [-0.2, 0) is 11.2 Å². The Labute approximate surface area is 152 Å². The van der Waals surface area contributed by atoms with Gasteiger partial charge in [0.15, 0.2) is 0 Å². The third-order valence-electron chi connectivity index (χ3n) is 5.76. The lowest BCUT2D eigenvalue weighted by atomic mass is 9.77. The van der Waals surface area contributed by atoms with E-state index >= 15 is 0 Å². The van der Waals surface area contributed by atoms with Gasteiger partial charge in [-0.05, 0) is 49.0 Å². The molecule has 5 nitrogen and oxygen atoms in total. The molecule has 2 aromatic rings. The zero-order chi connectivity index (χ0) is 17.2. The molecule has 2 fully saturated rings. The maximum Gasteiger partial charge on any atom is 0.222 e. The van der Waals surface area contributed by atoms with Crippen molar-refractivity contribution in [2.24, 2.45) is 11.8 Å². The van der Waals surface area contributed by atoms with E-state index in [9.17, 15) is 9.90 Å². The van der Waals surface area contributed by atoms with Crippen molar-refractivity contribution in [1.82, 2.24) is 14.5 Å². The zero-order valence-electron chi connectivity index (χ0n) is 14.3. The van der Waals surface area contributed by atoms with Crippen LogP contribution in [0, 0.1) is 11.8 Å². The molecule has 3 heterocycles. The van der Waals surface area contributed by atoms with E-state index in [1.165, 1.54) is 4.88 Å². The highest BCUT2D eigenvalue weighted by atomic mass is 32.1. The number of fused-ring (bicyclic) bond motifs is 1. The number of carbonyl (C=O) groups is 1. The fraction of sp³-hybridized carbons (Fsp3) is 0.579. The van der Waals surface area contributed by atoms with Gasteiger partial charge in [0, 0.05) is 36.8 Å². The van der Waals surface area contributed by atoms with E-state index in [-0.39, 0.29) is 18.1 Å². The minimum absolute atomic E-state index is 0.0950. The molecule has 1 N–H and O–H groups in total. The van der Waals surface area contributed by atoms with Gasteiger partial charge >= 0.3 is 0 Å². The van der Waals surface area contributed by atoms with Crippen LogP contribution in [-0.4, -0.2) is 44.7 Å². The maximum atomic E-state index is 12.6. The van der Waals surface area contributed by atoms with Crippen LogP contribution < -0.4 is 0 Å². The fourth-order valence-electron chi connectivity index (χ4n) is 4.42. The summed E-state index contributed by atoms with van der Waals surface area (Å²) in [7, 11) is 0. The highest BCUT2D eigenvalue weighted by Gasteiger charge is 2.43. The molecule has 0 bridgehead atoms. The number of aromatic nitrogens is 2. The molecule has 0 spiro atoms. The van der Waals surface area contributed by atoms with Gasteiger partial charge in [0.1, 0.15) is 0 Å². The first kappa shape index (κ1) is 16.8. The number of aliphatic hydroxyl groups excluding tert-OH is 1. The van der Waals surface area contributed by atoms with Crippen LogP contribution in [0.1, 0.15) is 36.6 Å². The standard InChI is InChI=1S/C19H25N3O2S/c23-18-10-15-12-22(19(24)5-1-3-16-4-2-8-25-16)11-14(15)9-17(18)21-7-6-20-13-21/h2,4,6-8,13-15,17-18,23H,1,3,5,9-12H2/t14-,15+,17-,18-/m1/s1. The number of nitrogens with zero attached hydrogens (tertiary/aromatic N) is 3. The van der Waals surface area contributed by atoms with Gasteiger partial charge in [0.05, 0.1) is 18.5 Å². The van der Waals surface area contributed by atoms with Crippen molar-refractivity contribution in [1.29, 1.82) is 0 Å². The predicted octanol–water partition coefficient (Wildman–Crippen LogP) is 2.74. The summed E-state index contributed by atoms with van der Waals surface area (Å²) >= 11 is 1.76. The molecule has 2 aromatic heterocycles. The van der Waals surface area contributed by atoms with Crippen molar-refractivity contribution in [3.63, 3.8) is 0 Å². The maximum absolute atomic E-state index is 12.6. The second kappa shape index (κ2) is 7.30. The molecule has 2 aliphatic rings. The van der Waals surface area contributed by atoms with Crippen LogP contribution in [0.4, 0.5) is 0 Å². The van der Waals surface area contributed by atoms with Gasteiger partial charge in [-0.3, -0.25) is 4.79 Å². The average molecular weight is 359 g/mol. The van der Waals surface area contributed by atoms with Crippen LogP contribution in [0.15, 0.2) is 36.2 Å².